The van der Waals surface area contributed by atoms with Gasteiger partial charge >= 0.3 is 5.69 Å². The van der Waals surface area contributed by atoms with Crippen LogP contribution in [0.1, 0.15) is 19.3 Å². The van der Waals surface area contributed by atoms with Crippen molar-refractivity contribution in [3.05, 3.63) is 65.0 Å². The molecule has 7 nitrogen and oxygen atoms in total. The molecule has 1 aliphatic heterocycles. The van der Waals surface area contributed by atoms with Crippen molar-refractivity contribution in [2.45, 2.75) is 25.8 Å². The summed E-state index contributed by atoms with van der Waals surface area (Å²) in [5.41, 5.74) is 2.40. The Morgan fingerprint density at radius 2 is 1.91 bits per heavy atom. The van der Waals surface area contributed by atoms with Crippen LogP contribution in [0.25, 0.3) is 33.5 Å². The lowest BCUT2D eigenvalue weighted by Gasteiger charge is -2.16. The summed E-state index contributed by atoms with van der Waals surface area (Å²) in [6.45, 7) is 1.76. The van der Waals surface area contributed by atoms with Crippen LogP contribution in [0.4, 0.5) is 4.39 Å². The second kappa shape index (κ2) is 7.97. The second-order valence-electron chi connectivity index (χ2n) is 9.42. The number of rotatable bonds is 5. The van der Waals surface area contributed by atoms with Crippen LogP contribution >= 0.6 is 0 Å². The van der Waals surface area contributed by atoms with Gasteiger partial charge in [0, 0.05) is 38.0 Å². The summed E-state index contributed by atoms with van der Waals surface area (Å²) < 4.78 is 23.5. The van der Waals surface area contributed by atoms with E-state index in [2.05, 4.69) is 5.10 Å². The number of amides is 1. The first kappa shape index (κ1) is 20.9. The zero-order valence-electron chi connectivity index (χ0n) is 18.9. The minimum atomic E-state index is -0.436. The molecule has 8 heteroatoms. The van der Waals surface area contributed by atoms with Crippen molar-refractivity contribution in [2.24, 2.45) is 18.9 Å². The molecule has 174 valence electrons. The highest BCUT2D eigenvalue weighted by Gasteiger charge is 2.37. The highest BCUT2D eigenvalue weighted by Crippen LogP contribution is 2.34. The van der Waals surface area contributed by atoms with Crippen molar-refractivity contribution < 1.29 is 13.6 Å². The third-order valence-electron chi connectivity index (χ3n) is 6.97. The summed E-state index contributed by atoms with van der Waals surface area (Å²) in [6.07, 6.45) is 4.43. The number of carbonyl (C=O) groups is 1. The average molecular weight is 461 g/mol. The van der Waals surface area contributed by atoms with Crippen molar-refractivity contribution in [2.75, 3.05) is 13.1 Å². The van der Waals surface area contributed by atoms with Crippen molar-refractivity contribution in [3.8, 4) is 22.5 Å². The standard InChI is InChI=1S/C26H25FN4O3/c1-29-26(33)31(15-16-8-10-30(14-16)25(32)17-2-3-17)24(28-29)21-6-4-19(13-22(21)27)18-5-7-23-20(12-18)9-11-34-23/h4-7,9,11-13,16-17H,2-3,8,10,14-15H2,1H3. The Labute approximate surface area is 195 Å². The van der Waals surface area contributed by atoms with E-state index in [1.807, 2.05) is 35.2 Å². The minimum absolute atomic E-state index is 0.146. The van der Waals surface area contributed by atoms with E-state index in [0.717, 1.165) is 41.4 Å². The van der Waals surface area contributed by atoms with E-state index in [4.69, 9.17) is 4.42 Å². The van der Waals surface area contributed by atoms with Gasteiger partial charge in [0.25, 0.3) is 0 Å². The number of benzene rings is 2. The molecule has 4 aromatic rings. The number of likely N-dealkylation sites (tertiary alicyclic amines) is 1. The molecule has 2 aliphatic rings. The summed E-state index contributed by atoms with van der Waals surface area (Å²) >= 11 is 0. The number of aromatic nitrogens is 3. The summed E-state index contributed by atoms with van der Waals surface area (Å²) in [6, 6.07) is 12.6. The number of aryl methyl sites for hydroxylation is 1. The van der Waals surface area contributed by atoms with E-state index in [-0.39, 0.29) is 29.0 Å². The highest BCUT2D eigenvalue weighted by atomic mass is 19.1. The molecule has 2 aromatic heterocycles. The van der Waals surface area contributed by atoms with Crippen molar-refractivity contribution in [1.82, 2.24) is 19.2 Å². The summed E-state index contributed by atoms with van der Waals surface area (Å²) in [5, 5.41) is 5.30. The van der Waals surface area contributed by atoms with E-state index in [1.54, 1.807) is 23.9 Å². The predicted octanol–water partition coefficient (Wildman–Crippen LogP) is 4.06. The molecule has 2 fully saturated rings. The maximum atomic E-state index is 15.3. The maximum absolute atomic E-state index is 15.3. The van der Waals surface area contributed by atoms with Gasteiger partial charge in [0.05, 0.1) is 11.8 Å². The Kier molecular flexibility index (Phi) is 4.90. The summed E-state index contributed by atoms with van der Waals surface area (Å²) in [5.74, 6) is 0.448. The van der Waals surface area contributed by atoms with Gasteiger partial charge in [-0.25, -0.2) is 13.9 Å². The number of hydrogen-bond acceptors (Lipinski definition) is 4. The lowest BCUT2D eigenvalue weighted by molar-refractivity contribution is -0.131. The fraction of sp³-hybridized carbons (Fsp3) is 0.346. The van der Waals surface area contributed by atoms with Gasteiger partial charge in [0.2, 0.25) is 5.91 Å². The Hall–Kier alpha value is -3.68. The van der Waals surface area contributed by atoms with E-state index < -0.39 is 5.82 Å². The Balaban J connectivity index is 1.28. The van der Waals surface area contributed by atoms with Crippen LogP contribution in [0, 0.1) is 17.7 Å². The molecule has 6 rings (SSSR count). The lowest BCUT2D eigenvalue weighted by atomic mass is 10.0. The van der Waals surface area contributed by atoms with Crippen molar-refractivity contribution in [3.63, 3.8) is 0 Å². The number of nitrogens with zero attached hydrogens (tertiary/aromatic N) is 4. The fourth-order valence-corrected chi connectivity index (χ4v) is 4.92. The van der Waals surface area contributed by atoms with Gasteiger partial charge in [-0.2, -0.15) is 0 Å². The maximum Gasteiger partial charge on any atom is 0.345 e. The van der Waals surface area contributed by atoms with Gasteiger partial charge in [-0.15, -0.1) is 5.10 Å². The molecule has 0 bridgehead atoms. The van der Waals surface area contributed by atoms with Crippen LogP contribution in [-0.2, 0) is 18.4 Å². The molecule has 1 amide bonds. The molecule has 1 aliphatic carbocycles. The third-order valence-corrected chi connectivity index (χ3v) is 6.97. The van der Waals surface area contributed by atoms with Gasteiger partial charge in [0.15, 0.2) is 5.82 Å². The van der Waals surface area contributed by atoms with Gasteiger partial charge in [-0.05, 0) is 66.6 Å². The predicted molar refractivity (Wildman–Crippen MR) is 125 cm³/mol. The molecular formula is C26H25FN4O3. The Morgan fingerprint density at radius 1 is 1.12 bits per heavy atom. The smallest absolute Gasteiger partial charge is 0.345 e. The van der Waals surface area contributed by atoms with Crippen LogP contribution in [-0.4, -0.2) is 38.2 Å². The zero-order valence-corrected chi connectivity index (χ0v) is 18.9. The molecule has 1 atom stereocenters. The van der Waals surface area contributed by atoms with E-state index in [0.29, 0.717) is 25.5 Å². The zero-order chi connectivity index (χ0) is 23.4. The topological polar surface area (TPSA) is 73.3 Å². The monoisotopic (exact) mass is 460 g/mol. The first-order chi connectivity index (χ1) is 16.5. The molecule has 1 saturated heterocycles. The fourth-order valence-electron chi connectivity index (χ4n) is 4.92. The van der Waals surface area contributed by atoms with Gasteiger partial charge < -0.3 is 9.32 Å². The normalized spacial score (nSPS) is 18.2. The Bertz CT molecular complexity index is 1460. The van der Waals surface area contributed by atoms with Crippen LogP contribution < -0.4 is 5.69 Å². The van der Waals surface area contributed by atoms with Crippen molar-refractivity contribution in [1.29, 1.82) is 0 Å². The largest absolute Gasteiger partial charge is 0.464 e. The van der Waals surface area contributed by atoms with Crippen molar-refractivity contribution >= 4 is 16.9 Å². The van der Waals surface area contributed by atoms with Crippen LogP contribution in [0.15, 0.2) is 57.9 Å². The summed E-state index contributed by atoms with van der Waals surface area (Å²) in [7, 11) is 1.58. The molecule has 0 radical (unpaired) electrons. The number of carbonyl (C=O) groups excluding carboxylic acids is 1. The number of halogens is 1. The average Bonchev–Trinajstić information content (AvgIpc) is 3.28. The van der Waals surface area contributed by atoms with Crippen LogP contribution in [0.2, 0.25) is 0 Å². The molecule has 0 spiro atoms. The molecule has 34 heavy (non-hydrogen) atoms. The molecule has 0 N–H and O–H groups in total. The van der Waals surface area contributed by atoms with Gasteiger partial charge in [0.1, 0.15) is 11.4 Å². The Morgan fingerprint density at radius 3 is 2.71 bits per heavy atom. The molecule has 2 aromatic carbocycles. The van der Waals surface area contributed by atoms with E-state index in [1.165, 1.54) is 10.7 Å². The lowest BCUT2D eigenvalue weighted by Crippen LogP contribution is -2.31. The second-order valence-corrected chi connectivity index (χ2v) is 9.42. The minimum Gasteiger partial charge on any atom is -0.464 e. The SMILES string of the molecule is Cn1nc(-c2ccc(-c3ccc4occc4c3)cc2F)n(CC2CCN(C(=O)C3CC3)C2)c1=O. The molecule has 1 saturated carbocycles. The number of fused-ring (bicyclic) bond motifs is 1. The molecule has 3 heterocycles. The van der Waals surface area contributed by atoms with Gasteiger partial charge in [-0.1, -0.05) is 12.1 Å². The van der Waals surface area contributed by atoms with E-state index in [9.17, 15) is 9.59 Å². The van der Waals surface area contributed by atoms with Gasteiger partial charge in [-0.3, -0.25) is 9.36 Å². The van der Waals surface area contributed by atoms with E-state index >= 15 is 4.39 Å². The summed E-state index contributed by atoms with van der Waals surface area (Å²) in [4.78, 5) is 27.1. The first-order valence-corrected chi connectivity index (χ1v) is 11.7. The quantitative estimate of drug-likeness (QED) is 0.450. The molecular weight excluding hydrogens is 435 g/mol. The molecule has 1 unspecified atom stereocenters. The number of hydrogen-bond donors (Lipinski definition) is 0. The van der Waals surface area contributed by atoms with Crippen LogP contribution in [0.3, 0.4) is 0 Å². The first-order valence-electron chi connectivity index (χ1n) is 11.7. The highest BCUT2D eigenvalue weighted by molar-refractivity contribution is 5.84. The van der Waals surface area contributed by atoms with Crippen LogP contribution in [0.5, 0.6) is 0 Å². The number of furan rings is 1. The third kappa shape index (κ3) is 3.63.